The van der Waals surface area contributed by atoms with Gasteiger partial charge in [-0.25, -0.2) is 19.0 Å². The van der Waals surface area contributed by atoms with Crippen LogP contribution in [0.5, 0.6) is 0 Å². The number of carbonyl (C=O) groups excluding carboxylic acids is 1. The van der Waals surface area contributed by atoms with Crippen LogP contribution in [-0.2, 0) is 11.3 Å². The first-order valence-corrected chi connectivity index (χ1v) is 10.4. The van der Waals surface area contributed by atoms with Gasteiger partial charge < -0.3 is 4.90 Å². The highest BCUT2D eigenvalue weighted by atomic mass is 32.2. The molecule has 1 aliphatic heterocycles. The number of hydrogen-bond donors (Lipinski definition) is 0. The van der Waals surface area contributed by atoms with E-state index in [4.69, 9.17) is 0 Å². The van der Waals surface area contributed by atoms with Crippen LogP contribution in [0.1, 0.15) is 31.2 Å². The monoisotopic (exact) mass is 400 g/mol. The summed E-state index contributed by atoms with van der Waals surface area (Å²) in [7, 11) is 0. The van der Waals surface area contributed by atoms with E-state index in [2.05, 4.69) is 20.3 Å². The lowest BCUT2D eigenvalue weighted by Gasteiger charge is -2.19. The van der Waals surface area contributed by atoms with Crippen LogP contribution >= 0.6 is 11.8 Å². The molecule has 1 fully saturated rings. The molecule has 3 aromatic rings. The predicted molar refractivity (Wildman–Crippen MR) is 104 cm³/mol. The standard InChI is InChI=1S/C19H21FN6OS/c20-15-7-5-14(6-8-15)11-26-18-17(23-24-26)19(22-13-21-18)28-12-16(27)25-9-3-1-2-4-10-25/h5-8,13H,1-4,9-12H2. The number of aromatic nitrogens is 5. The maximum atomic E-state index is 13.1. The summed E-state index contributed by atoms with van der Waals surface area (Å²) < 4.78 is 14.7. The highest BCUT2D eigenvalue weighted by Crippen LogP contribution is 2.23. The second-order valence-electron chi connectivity index (χ2n) is 6.81. The lowest BCUT2D eigenvalue weighted by atomic mass is 10.2. The fourth-order valence-electron chi connectivity index (χ4n) is 3.29. The van der Waals surface area contributed by atoms with Crippen molar-refractivity contribution in [3.05, 3.63) is 42.0 Å². The van der Waals surface area contributed by atoms with Gasteiger partial charge in [-0.3, -0.25) is 4.79 Å². The molecule has 1 aliphatic rings. The predicted octanol–water partition coefficient (Wildman–Crippen LogP) is 2.90. The van der Waals surface area contributed by atoms with Gasteiger partial charge in [0.15, 0.2) is 11.2 Å². The number of benzene rings is 1. The molecule has 3 heterocycles. The first kappa shape index (κ1) is 18.8. The summed E-state index contributed by atoms with van der Waals surface area (Å²) in [5.41, 5.74) is 2.08. The molecule has 28 heavy (non-hydrogen) atoms. The summed E-state index contributed by atoms with van der Waals surface area (Å²) in [6.07, 6.45) is 6.00. The fraction of sp³-hybridized carbons (Fsp3) is 0.421. The quantitative estimate of drug-likeness (QED) is 0.484. The lowest BCUT2D eigenvalue weighted by molar-refractivity contribution is -0.128. The van der Waals surface area contributed by atoms with E-state index in [0.717, 1.165) is 31.5 Å². The van der Waals surface area contributed by atoms with Gasteiger partial charge in [-0.05, 0) is 30.5 Å². The Labute approximate surface area is 166 Å². The van der Waals surface area contributed by atoms with Crippen molar-refractivity contribution < 1.29 is 9.18 Å². The highest BCUT2D eigenvalue weighted by molar-refractivity contribution is 8.00. The van der Waals surface area contributed by atoms with Crippen molar-refractivity contribution in [2.75, 3.05) is 18.8 Å². The van der Waals surface area contributed by atoms with Gasteiger partial charge in [0.05, 0.1) is 12.3 Å². The average molecular weight is 400 g/mol. The number of carbonyl (C=O) groups is 1. The molecule has 4 rings (SSSR count). The number of fused-ring (bicyclic) bond motifs is 1. The normalized spacial score (nSPS) is 15.0. The van der Waals surface area contributed by atoms with Crippen molar-refractivity contribution in [1.29, 1.82) is 0 Å². The minimum absolute atomic E-state index is 0.136. The van der Waals surface area contributed by atoms with E-state index in [0.29, 0.717) is 28.5 Å². The SMILES string of the molecule is O=C(CSc1ncnc2c1nnn2Cc1ccc(F)cc1)N1CCCCCC1. The molecule has 1 amide bonds. The maximum absolute atomic E-state index is 13.1. The van der Waals surface area contributed by atoms with Crippen molar-refractivity contribution in [3.8, 4) is 0 Å². The zero-order chi connectivity index (χ0) is 19.3. The summed E-state index contributed by atoms with van der Waals surface area (Å²) in [6.45, 7) is 2.11. The Kier molecular flexibility index (Phi) is 5.80. The molecule has 1 aromatic carbocycles. The molecule has 0 spiro atoms. The molecule has 0 bridgehead atoms. The molecule has 0 saturated carbocycles. The molecule has 0 unspecified atom stereocenters. The summed E-state index contributed by atoms with van der Waals surface area (Å²) in [6, 6.07) is 6.25. The molecule has 1 saturated heterocycles. The van der Waals surface area contributed by atoms with Gasteiger partial charge in [0.25, 0.3) is 0 Å². The first-order chi connectivity index (χ1) is 13.7. The zero-order valence-electron chi connectivity index (χ0n) is 15.4. The van der Waals surface area contributed by atoms with Gasteiger partial charge in [0.2, 0.25) is 5.91 Å². The Hall–Kier alpha value is -2.55. The molecule has 146 valence electrons. The number of rotatable bonds is 5. The minimum atomic E-state index is -0.276. The number of amides is 1. The van der Waals surface area contributed by atoms with Crippen LogP contribution in [0, 0.1) is 5.82 Å². The Bertz CT molecular complexity index is 953. The van der Waals surface area contributed by atoms with Gasteiger partial charge in [-0.2, -0.15) is 0 Å². The van der Waals surface area contributed by atoms with E-state index in [-0.39, 0.29) is 11.7 Å². The molecule has 0 N–H and O–H groups in total. The van der Waals surface area contributed by atoms with Gasteiger partial charge in [0.1, 0.15) is 17.2 Å². The molecule has 9 heteroatoms. The van der Waals surface area contributed by atoms with Crippen LogP contribution in [0.2, 0.25) is 0 Å². The molecule has 0 radical (unpaired) electrons. The van der Waals surface area contributed by atoms with Crippen LogP contribution in [0.25, 0.3) is 11.2 Å². The van der Waals surface area contributed by atoms with Crippen LogP contribution in [-0.4, -0.2) is 54.6 Å². The number of thioether (sulfide) groups is 1. The molecule has 0 atom stereocenters. The minimum Gasteiger partial charge on any atom is -0.342 e. The summed E-state index contributed by atoms with van der Waals surface area (Å²) in [5.74, 6) is 0.191. The van der Waals surface area contributed by atoms with Crippen molar-refractivity contribution in [2.45, 2.75) is 37.3 Å². The second kappa shape index (κ2) is 8.64. The smallest absolute Gasteiger partial charge is 0.232 e. The summed E-state index contributed by atoms with van der Waals surface area (Å²) in [4.78, 5) is 23.1. The summed E-state index contributed by atoms with van der Waals surface area (Å²) in [5, 5.41) is 9.02. The van der Waals surface area contributed by atoms with Gasteiger partial charge in [-0.1, -0.05) is 41.9 Å². The average Bonchev–Trinajstić information content (AvgIpc) is 2.93. The third-order valence-corrected chi connectivity index (χ3v) is 5.77. The zero-order valence-corrected chi connectivity index (χ0v) is 16.2. The van der Waals surface area contributed by atoms with E-state index in [9.17, 15) is 9.18 Å². The van der Waals surface area contributed by atoms with Crippen LogP contribution in [0.3, 0.4) is 0 Å². The van der Waals surface area contributed by atoms with Gasteiger partial charge in [0, 0.05) is 13.1 Å². The molecular weight excluding hydrogens is 379 g/mol. The van der Waals surface area contributed by atoms with Crippen molar-refractivity contribution in [1.82, 2.24) is 29.9 Å². The first-order valence-electron chi connectivity index (χ1n) is 9.40. The highest BCUT2D eigenvalue weighted by Gasteiger charge is 2.18. The van der Waals surface area contributed by atoms with E-state index in [1.165, 1.54) is 43.1 Å². The summed E-state index contributed by atoms with van der Waals surface area (Å²) >= 11 is 1.37. The van der Waals surface area contributed by atoms with Crippen molar-refractivity contribution in [3.63, 3.8) is 0 Å². The maximum Gasteiger partial charge on any atom is 0.232 e. The van der Waals surface area contributed by atoms with Crippen LogP contribution < -0.4 is 0 Å². The Balaban J connectivity index is 1.47. The second-order valence-corrected chi connectivity index (χ2v) is 7.77. The van der Waals surface area contributed by atoms with Crippen LogP contribution in [0.15, 0.2) is 35.6 Å². The van der Waals surface area contributed by atoms with Crippen molar-refractivity contribution in [2.24, 2.45) is 0 Å². The fourth-order valence-corrected chi connectivity index (χ4v) is 4.12. The number of likely N-dealkylation sites (tertiary alicyclic amines) is 1. The number of halogens is 1. The third kappa shape index (κ3) is 4.30. The Morgan fingerprint density at radius 3 is 2.57 bits per heavy atom. The topological polar surface area (TPSA) is 76.8 Å². The van der Waals surface area contributed by atoms with Gasteiger partial charge in [-0.15, -0.1) is 5.10 Å². The third-order valence-electron chi connectivity index (χ3n) is 4.80. The number of hydrogen-bond acceptors (Lipinski definition) is 6. The Morgan fingerprint density at radius 1 is 1.07 bits per heavy atom. The van der Waals surface area contributed by atoms with Gasteiger partial charge >= 0.3 is 0 Å². The molecule has 7 nitrogen and oxygen atoms in total. The molecular formula is C19H21FN6OS. The van der Waals surface area contributed by atoms with E-state index < -0.39 is 0 Å². The Morgan fingerprint density at radius 2 is 1.82 bits per heavy atom. The molecule has 0 aliphatic carbocycles. The van der Waals surface area contributed by atoms with E-state index in [1.54, 1.807) is 16.8 Å². The van der Waals surface area contributed by atoms with E-state index >= 15 is 0 Å². The molecule has 2 aromatic heterocycles. The van der Waals surface area contributed by atoms with E-state index in [1.807, 2.05) is 4.90 Å². The van der Waals surface area contributed by atoms with Crippen LogP contribution in [0.4, 0.5) is 4.39 Å². The number of nitrogens with zero attached hydrogens (tertiary/aromatic N) is 6. The largest absolute Gasteiger partial charge is 0.342 e. The van der Waals surface area contributed by atoms with Crippen molar-refractivity contribution >= 4 is 28.8 Å². The lowest BCUT2D eigenvalue weighted by Crippen LogP contribution is -2.33.